The molecule has 1 aromatic carbocycles. The lowest BCUT2D eigenvalue weighted by Gasteiger charge is -2.11. The minimum atomic E-state index is -4.52. The number of nitrogens with zero attached hydrogens (tertiary/aromatic N) is 2. The fraction of sp³-hybridized carbons (Fsp3) is 0.333. The van der Waals surface area contributed by atoms with E-state index in [0.717, 1.165) is 17.8 Å². The Morgan fingerprint density at radius 2 is 2.14 bits per heavy atom. The molecule has 2 rings (SSSR count). The first kappa shape index (κ1) is 15.5. The molecule has 21 heavy (non-hydrogen) atoms. The lowest BCUT2D eigenvalue weighted by Crippen LogP contribution is -2.17. The van der Waals surface area contributed by atoms with Crippen LogP contribution >= 0.6 is 11.8 Å². The molecule has 0 saturated carbocycles. The molecule has 0 spiro atoms. The van der Waals surface area contributed by atoms with Crippen molar-refractivity contribution in [1.82, 2.24) is 14.8 Å². The van der Waals surface area contributed by atoms with E-state index in [4.69, 9.17) is 5.73 Å². The van der Waals surface area contributed by atoms with Gasteiger partial charge in [-0.25, -0.2) is 9.89 Å². The van der Waals surface area contributed by atoms with Crippen molar-refractivity contribution >= 4 is 17.4 Å². The van der Waals surface area contributed by atoms with Crippen LogP contribution in [-0.2, 0) is 12.7 Å². The first-order valence-electron chi connectivity index (χ1n) is 6.12. The van der Waals surface area contributed by atoms with E-state index >= 15 is 0 Å². The monoisotopic (exact) mass is 318 g/mol. The molecular formula is C12H13F3N4OS. The Bertz CT molecular complexity index is 693. The van der Waals surface area contributed by atoms with E-state index in [0.29, 0.717) is 23.0 Å². The number of alkyl halides is 3. The van der Waals surface area contributed by atoms with Crippen molar-refractivity contribution < 1.29 is 13.2 Å². The summed E-state index contributed by atoms with van der Waals surface area (Å²) in [6.45, 7) is 2.33. The van der Waals surface area contributed by atoms with E-state index in [9.17, 15) is 18.0 Å². The fourth-order valence-corrected chi connectivity index (χ4v) is 2.65. The Labute approximate surface area is 122 Å². The van der Waals surface area contributed by atoms with Gasteiger partial charge >= 0.3 is 11.9 Å². The first-order valence-corrected chi connectivity index (χ1v) is 6.94. The van der Waals surface area contributed by atoms with Gasteiger partial charge in [-0.2, -0.15) is 13.2 Å². The van der Waals surface area contributed by atoms with E-state index in [1.807, 2.05) is 6.92 Å². The van der Waals surface area contributed by atoms with Crippen LogP contribution in [0.1, 0.15) is 18.9 Å². The van der Waals surface area contributed by atoms with Crippen molar-refractivity contribution in [3.8, 4) is 0 Å². The van der Waals surface area contributed by atoms with Gasteiger partial charge in [-0.3, -0.25) is 4.57 Å². The number of nitrogen functional groups attached to an aromatic ring is 1. The predicted molar refractivity (Wildman–Crippen MR) is 73.1 cm³/mol. The Kier molecular flexibility index (Phi) is 4.31. The van der Waals surface area contributed by atoms with Crippen molar-refractivity contribution in [2.45, 2.75) is 36.1 Å². The van der Waals surface area contributed by atoms with Crippen LogP contribution in [-0.4, -0.2) is 14.8 Å². The fourth-order valence-electron chi connectivity index (χ4n) is 1.75. The summed E-state index contributed by atoms with van der Waals surface area (Å²) in [5.41, 5.74) is 3.73. The number of halogens is 3. The van der Waals surface area contributed by atoms with Crippen LogP contribution in [0.4, 0.5) is 18.9 Å². The number of anilines is 1. The minimum Gasteiger partial charge on any atom is -0.398 e. The van der Waals surface area contributed by atoms with E-state index in [1.54, 1.807) is 0 Å². The van der Waals surface area contributed by atoms with Crippen molar-refractivity contribution in [3.63, 3.8) is 0 Å². The lowest BCUT2D eigenvalue weighted by molar-refractivity contribution is -0.137. The zero-order valence-electron chi connectivity index (χ0n) is 11.1. The maximum atomic E-state index is 12.8. The van der Waals surface area contributed by atoms with E-state index in [1.165, 1.54) is 16.7 Å². The lowest BCUT2D eigenvalue weighted by atomic mass is 10.2. The summed E-state index contributed by atoms with van der Waals surface area (Å²) < 4.78 is 39.8. The summed E-state index contributed by atoms with van der Waals surface area (Å²) in [6, 6.07) is 3.61. The molecule has 2 aromatic rings. The molecule has 114 valence electrons. The third-order valence-electron chi connectivity index (χ3n) is 2.71. The second-order valence-corrected chi connectivity index (χ2v) is 5.35. The molecule has 0 bridgehead atoms. The van der Waals surface area contributed by atoms with Crippen LogP contribution in [0.5, 0.6) is 0 Å². The smallest absolute Gasteiger partial charge is 0.398 e. The maximum Gasteiger partial charge on any atom is 0.418 e. The molecule has 1 aromatic heterocycles. The molecule has 0 amide bonds. The number of benzene rings is 1. The maximum absolute atomic E-state index is 12.8. The minimum absolute atomic E-state index is 0.313. The number of rotatable bonds is 4. The van der Waals surface area contributed by atoms with Gasteiger partial charge < -0.3 is 5.73 Å². The molecule has 0 aliphatic rings. The van der Waals surface area contributed by atoms with Crippen LogP contribution < -0.4 is 11.4 Å². The Hall–Kier alpha value is -1.90. The van der Waals surface area contributed by atoms with E-state index in [-0.39, 0.29) is 11.4 Å². The largest absolute Gasteiger partial charge is 0.418 e. The third kappa shape index (κ3) is 3.41. The molecule has 0 aliphatic carbocycles. The predicted octanol–water partition coefficient (Wildman–Crippen LogP) is 2.73. The molecule has 0 radical (unpaired) electrons. The molecule has 9 heteroatoms. The molecule has 0 saturated heterocycles. The van der Waals surface area contributed by atoms with Crippen molar-refractivity contribution in [2.75, 3.05) is 5.73 Å². The standard InChI is InChI=1S/C12H13F3N4OS/c1-2-5-19-10(20)17-18-11(19)21-7-3-4-9(16)8(6-7)12(13,14)15/h3-4,6H,2,5,16H2,1H3,(H,17,20). The van der Waals surface area contributed by atoms with Crippen molar-refractivity contribution in [2.24, 2.45) is 0 Å². The number of hydrogen-bond donors (Lipinski definition) is 2. The molecule has 5 nitrogen and oxygen atoms in total. The second-order valence-electron chi connectivity index (χ2n) is 4.31. The Balaban J connectivity index is 2.35. The molecule has 3 N–H and O–H groups in total. The van der Waals surface area contributed by atoms with Gasteiger partial charge in [0, 0.05) is 17.1 Å². The molecular weight excluding hydrogens is 305 g/mol. The first-order chi connectivity index (χ1) is 9.82. The van der Waals surface area contributed by atoms with Gasteiger partial charge in [0.1, 0.15) is 0 Å². The number of H-pyrrole nitrogens is 1. The summed E-state index contributed by atoms with van der Waals surface area (Å²) in [6.07, 6.45) is -3.81. The quantitative estimate of drug-likeness (QED) is 0.850. The van der Waals surface area contributed by atoms with E-state index < -0.39 is 11.7 Å². The summed E-state index contributed by atoms with van der Waals surface area (Å²) in [7, 11) is 0. The summed E-state index contributed by atoms with van der Waals surface area (Å²) in [5, 5.41) is 6.43. The van der Waals surface area contributed by atoms with Gasteiger partial charge in [0.2, 0.25) is 0 Å². The third-order valence-corrected chi connectivity index (χ3v) is 3.69. The van der Waals surface area contributed by atoms with Crippen LogP contribution in [0.15, 0.2) is 33.0 Å². The molecule has 0 atom stereocenters. The highest BCUT2D eigenvalue weighted by molar-refractivity contribution is 7.99. The SMILES string of the molecule is CCCn1c(Sc2ccc(N)c(C(F)(F)F)c2)n[nH]c1=O. The summed E-state index contributed by atoms with van der Waals surface area (Å²) >= 11 is 0.979. The highest BCUT2D eigenvalue weighted by atomic mass is 32.2. The van der Waals surface area contributed by atoms with Gasteiger partial charge in [-0.1, -0.05) is 6.92 Å². The normalized spacial score (nSPS) is 11.8. The van der Waals surface area contributed by atoms with Gasteiger partial charge in [0.25, 0.3) is 0 Å². The van der Waals surface area contributed by atoms with Crippen LogP contribution in [0.25, 0.3) is 0 Å². The number of aromatic amines is 1. The topological polar surface area (TPSA) is 76.7 Å². The van der Waals surface area contributed by atoms with Gasteiger partial charge in [-0.05, 0) is 36.4 Å². The van der Waals surface area contributed by atoms with Crippen LogP contribution in [0.2, 0.25) is 0 Å². The van der Waals surface area contributed by atoms with Gasteiger partial charge in [0.05, 0.1) is 5.56 Å². The summed E-state index contributed by atoms with van der Waals surface area (Å²) in [4.78, 5) is 11.8. The van der Waals surface area contributed by atoms with Gasteiger partial charge in [-0.15, -0.1) is 5.10 Å². The van der Waals surface area contributed by atoms with Crippen molar-refractivity contribution in [3.05, 3.63) is 34.2 Å². The Morgan fingerprint density at radius 3 is 2.76 bits per heavy atom. The number of aromatic nitrogens is 3. The molecule has 0 fully saturated rings. The highest BCUT2D eigenvalue weighted by Crippen LogP contribution is 2.37. The van der Waals surface area contributed by atoms with Crippen LogP contribution in [0.3, 0.4) is 0 Å². The number of hydrogen-bond acceptors (Lipinski definition) is 4. The zero-order valence-corrected chi connectivity index (χ0v) is 11.9. The molecule has 1 heterocycles. The summed E-state index contributed by atoms with van der Waals surface area (Å²) in [5.74, 6) is 0. The average Bonchev–Trinajstić information content (AvgIpc) is 2.73. The van der Waals surface area contributed by atoms with E-state index in [2.05, 4.69) is 10.2 Å². The number of nitrogens with two attached hydrogens (primary N) is 1. The second kappa shape index (κ2) is 5.84. The Morgan fingerprint density at radius 1 is 1.43 bits per heavy atom. The highest BCUT2D eigenvalue weighted by Gasteiger charge is 2.33. The van der Waals surface area contributed by atoms with Gasteiger partial charge in [0.15, 0.2) is 5.16 Å². The zero-order chi connectivity index (χ0) is 15.6. The molecule has 0 unspecified atom stereocenters. The molecule has 0 aliphatic heterocycles. The van der Waals surface area contributed by atoms with Crippen LogP contribution in [0, 0.1) is 0 Å². The number of nitrogens with one attached hydrogen (secondary N) is 1. The van der Waals surface area contributed by atoms with Crippen molar-refractivity contribution in [1.29, 1.82) is 0 Å². The average molecular weight is 318 g/mol.